The highest BCUT2D eigenvalue weighted by Crippen LogP contribution is 2.36. The molecule has 1 heterocycles. The lowest BCUT2D eigenvalue weighted by Crippen LogP contribution is -2.25. The number of methoxy groups -OCH3 is 2. The molecule has 1 amide bonds. The van der Waals surface area contributed by atoms with Crippen molar-refractivity contribution in [2.45, 2.75) is 13.0 Å². The Morgan fingerprint density at radius 2 is 1.77 bits per heavy atom. The van der Waals surface area contributed by atoms with E-state index < -0.39 is 0 Å². The molecule has 7 nitrogen and oxygen atoms in total. The lowest BCUT2D eigenvalue weighted by Gasteiger charge is -2.16. The topological polar surface area (TPSA) is 96.0 Å². The number of carbonyl (C=O) groups excluding carboxylic acids is 1. The van der Waals surface area contributed by atoms with Crippen LogP contribution >= 0.6 is 12.4 Å². The molecule has 3 rings (SSSR count). The van der Waals surface area contributed by atoms with E-state index in [1.165, 1.54) is 0 Å². The van der Waals surface area contributed by atoms with Crippen LogP contribution in [-0.2, 0) is 13.0 Å². The number of rotatable bonds is 9. The second-order valence-corrected chi connectivity index (χ2v) is 6.19. The van der Waals surface area contributed by atoms with E-state index in [0.29, 0.717) is 41.5 Å². The van der Waals surface area contributed by atoms with Gasteiger partial charge in [0, 0.05) is 25.1 Å². The average Bonchev–Trinajstić information content (AvgIpc) is 3.27. The molecule has 1 aromatic heterocycles. The lowest BCUT2D eigenvalue weighted by atomic mass is 10.1. The van der Waals surface area contributed by atoms with Crippen LogP contribution in [0.15, 0.2) is 59.2 Å². The molecule has 0 saturated heterocycles. The first kappa shape index (κ1) is 23.1. The van der Waals surface area contributed by atoms with Crippen LogP contribution in [0.3, 0.4) is 0 Å². The number of amides is 1. The zero-order valence-electron chi connectivity index (χ0n) is 16.8. The quantitative estimate of drug-likeness (QED) is 0.531. The van der Waals surface area contributed by atoms with Crippen molar-refractivity contribution in [1.29, 1.82) is 0 Å². The molecule has 0 aliphatic rings. The zero-order chi connectivity index (χ0) is 20.6. The molecular formula is C22H25ClN2O5. The number of carbonyl (C=O) groups is 1. The van der Waals surface area contributed by atoms with E-state index in [0.717, 1.165) is 11.3 Å². The van der Waals surface area contributed by atoms with Gasteiger partial charge in [0.15, 0.2) is 11.5 Å². The van der Waals surface area contributed by atoms with E-state index in [9.17, 15) is 4.79 Å². The third-order valence-corrected chi connectivity index (χ3v) is 4.40. The van der Waals surface area contributed by atoms with Crippen LogP contribution in [0.4, 0.5) is 0 Å². The fraction of sp³-hybridized carbons (Fsp3) is 0.227. The Morgan fingerprint density at radius 1 is 1.00 bits per heavy atom. The second kappa shape index (κ2) is 11.1. The summed E-state index contributed by atoms with van der Waals surface area (Å²) in [5.74, 6) is 2.69. The summed E-state index contributed by atoms with van der Waals surface area (Å²) in [4.78, 5) is 12.5. The number of ether oxygens (including phenoxy) is 3. The summed E-state index contributed by atoms with van der Waals surface area (Å²) in [5.41, 5.74) is 7.04. The molecule has 160 valence electrons. The standard InChI is InChI=1S/C22H24N2O5.ClH/c1-26-18-6-3-7-19(17(18)14-23)29-21-13-15(8-9-20(21)27-2)22(25)24-11-10-16-5-4-12-28-16;/h3-9,12-13H,10-11,14,23H2,1-2H3,(H,24,25);1H. The highest BCUT2D eigenvalue weighted by Gasteiger charge is 2.15. The van der Waals surface area contributed by atoms with E-state index in [1.54, 1.807) is 44.7 Å². The monoisotopic (exact) mass is 432 g/mol. The van der Waals surface area contributed by atoms with Gasteiger partial charge in [0.05, 0.1) is 26.0 Å². The summed E-state index contributed by atoms with van der Waals surface area (Å²) >= 11 is 0. The van der Waals surface area contributed by atoms with E-state index >= 15 is 0 Å². The SMILES string of the molecule is COc1ccc(C(=O)NCCc2ccco2)cc1Oc1cccc(OC)c1CN.Cl. The van der Waals surface area contributed by atoms with E-state index in [-0.39, 0.29) is 24.9 Å². The molecule has 0 radical (unpaired) electrons. The van der Waals surface area contributed by atoms with Crippen LogP contribution < -0.4 is 25.3 Å². The summed E-state index contributed by atoms with van der Waals surface area (Å²) < 4.78 is 22.0. The molecule has 3 aromatic rings. The number of hydrogen-bond acceptors (Lipinski definition) is 6. The van der Waals surface area contributed by atoms with E-state index in [2.05, 4.69) is 5.32 Å². The molecule has 0 saturated carbocycles. The predicted octanol–water partition coefficient (Wildman–Crippen LogP) is 3.94. The molecule has 0 unspecified atom stereocenters. The minimum atomic E-state index is -0.214. The minimum Gasteiger partial charge on any atom is -0.496 e. The van der Waals surface area contributed by atoms with Crippen LogP contribution in [-0.4, -0.2) is 26.7 Å². The van der Waals surface area contributed by atoms with Gasteiger partial charge in [0.25, 0.3) is 5.91 Å². The van der Waals surface area contributed by atoms with Gasteiger partial charge in [0.1, 0.15) is 17.3 Å². The smallest absolute Gasteiger partial charge is 0.251 e. The Morgan fingerprint density at radius 3 is 2.43 bits per heavy atom. The third-order valence-electron chi connectivity index (χ3n) is 4.40. The normalized spacial score (nSPS) is 10.1. The van der Waals surface area contributed by atoms with Crippen molar-refractivity contribution < 1.29 is 23.4 Å². The van der Waals surface area contributed by atoms with Crippen LogP contribution in [0.1, 0.15) is 21.7 Å². The first-order chi connectivity index (χ1) is 14.2. The van der Waals surface area contributed by atoms with Crippen LogP contribution in [0, 0.1) is 0 Å². The molecule has 0 aliphatic heterocycles. The highest BCUT2D eigenvalue weighted by molar-refractivity contribution is 5.94. The molecule has 8 heteroatoms. The first-order valence-corrected chi connectivity index (χ1v) is 9.18. The molecule has 3 N–H and O–H groups in total. The first-order valence-electron chi connectivity index (χ1n) is 9.18. The number of hydrogen-bond donors (Lipinski definition) is 2. The van der Waals surface area contributed by atoms with Gasteiger partial charge < -0.3 is 29.7 Å². The molecule has 0 bridgehead atoms. The van der Waals surface area contributed by atoms with Gasteiger partial charge >= 0.3 is 0 Å². The van der Waals surface area contributed by atoms with Gasteiger partial charge in [-0.15, -0.1) is 12.4 Å². The predicted molar refractivity (Wildman–Crippen MR) is 116 cm³/mol. The van der Waals surface area contributed by atoms with Crippen LogP contribution in [0.25, 0.3) is 0 Å². The number of furan rings is 1. The van der Waals surface area contributed by atoms with Crippen molar-refractivity contribution in [2.75, 3.05) is 20.8 Å². The van der Waals surface area contributed by atoms with Gasteiger partial charge in [-0.1, -0.05) is 6.07 Å². The van der Waals surface area contributed by atoms with Gasteiger partial charge in [-0.3, -0.25) is 4.79 Å². The summed E-state index contributed by atoms with van der Waals surface area (Å²) in [7, 11) is 3.12. The van der Waals surface area contributed by atoms with E-state index in [1.807, 2.05) is 24.3 Å². The number of nitrogens with two attached hydrogens (primary N) is 1. The van der Waals surface area contributed by atoms with Crippen LogP contribution in [0.2, 0.25) is 0 Å². The Hall–Kier alpha value is -3.16. The van der Waals surface area contributed by atoms with Gasteiger partial charge in [-0.2, -0.15) is 0 Å². The fourth-order valence-electron chi connectivity index (χ4n) is 2.91. The molecule has 0 spiro atoms. The van der Waals surface area contributed by atoms with Gasteiger partial charge in [-0.05, 0) is 42.5 Å². The maximum Gasteiger partial charge on any atom is 0.251 e. The lowest BCUT2D eigenvalue weighted by molar-refractivity contribution is 0.0953. The van der Waals surface area contributed by atoms with Crippen molar-refractivity contribution in [3.63, 3.8) is 0 Å². The van der Waals surface area contributed by atoms with E-state index in [4.69, 9.17) is 24.4 Å². The number of nitrogens with one attached hydrogen (secondary N) is 1. The maximum atomic E-state index is 12.5. The van der Waals surface area contributed by atoms with Crippen molar-refractivity contribution in [2.24, 2.45) is 5.73 Å². The Labute approximate surface area is 181 Å². The van der Waals surface area contributed by atoms with Crippen molar-refractivity contribution in [3.05, 3.63) is 71.7 Å². The van der Waals surface area contributed by atoms with Crippen molar-refractivity contribution in [3.8, 4) is 23.0 Å². The maximum absolute atomic E-state index is 12.5. The Balaban J connectivity index is 0.00000320. The molecular weight excluding hydrogens is 408 g/mol. The summed E-state index contributed by atoms with van der Waals surface area (Å²) in [6.45, 7) is 0.705. The molecule has 2 aromatic carbocycles. The highest BCUT2D eigenvalue weighted by atomic mass is 35.5. The Bertz CT molecular complexity index is 960. The number of halogens is 1. The second-order valence-electron chi connectivity index (χ2n) is 6.19. The molecule has 0 atom stereocenters. The summed E-state index contributed by atoms with van der Waals surface area (Å²) in [5, 5.41) is 2.87. The van der Waals surface area contributed by atoms with Gasteiger partial charge in [0.2, 0.25) is 0 Å². The Kier molecular flexibility index (Phi) is 8.58. The molecule has 0 aliphatic carbocycles. The molecule has 30 heavy (non-hydrogen) atoms. The fourth-order valence-corrected chi connectivity index (χ4v) is 2.91. The summed E-state index contributed by atoms with van der Waals surface area (Å²) in [6, 6.07) is 14.1. The van der Waals surface area contributed by atoms with Crippen molar-refractivity contribution >= 4 is 18.3 Å². The summed E-state index contributed by atoms with van der Waals surface area (Å²) in [6.07, 6.45) is 2.22. The number of benzene rings is 2. The minimum absolute atomic E-state index is 0. The van der Waals surface area contributed by atoms with Gasteiger partial charge in [-0.25, -0.2) is 0 Å². The largest absolute Gasteiger partial charge is 0.496 e. The molecule has 0 fully saturated rings. The third kappa shape index (κ3) is 5.46. The van der Waals surface area contributed by atoms with Crippen molar-refractivity contribution in [1.82, 2.24) is 5.32 Å². The average molecular weight is 433 g/mol. The zero-order valence-corrected chi connectivity index (χ0v) is 17.7. The van der Waals surface area contributed by atoms with Crippen LogP contribution in [0.5, 0.6) is 23.0 Å².